The minimum absolute atomic E-state index is 0.288. The van der Waals surface area contributed by atoms with Gasteiger partial charge in [0.1, 0.15) is 0 Å². The van der Waals surface area contributed by atoms with Gasteiger partial charge in [0, 0.05) is 41.5 Å². The molecule has 0 atom stereocenters. The summed E-state index contributed by atoms with van der Waals surface area (Å²) in [6, 6.07) is 0. The maximum atomic E-state index is 11.1. The Morgan fingerprint density at radius 2 is 0.259 bits per heavy atom. The number of esters is 6. The molecule has 0 heterocycles. The smallest absolute Gasteiger partial charge is 0.332 e. The van der Waals surface area contributed by atoms with Gasteiger partial charge in [0.25, 0.3) is 0 Å². The summed E-state index contributed by atoms with van der Waals surface area (Å²) in [5.41, 5.74) is 0. The van der Waals surface area contributed by atoms with Crippen LogP contribution in [0, 0.1) is 0 Å². The first-order valence-corrected chi connectivity index (χ1v) is 35.2. The van der Waals surface area contributed by atoms with Gasteiger partial charge in [-0.2, -0.15) is 0 Å². The van der Waals surface area contributed by atoms with Crippen molar-refractivity contribution in [2.45, 2.75) is 215 Å². The van der Waals surface area contributed by atoms with Gasteiger partial charge in [0.2, 0.25) is 0 Å². The molecule has 0 aromatic carbocycles. The van der Waals surface area contributed by atoms with Gasteiger partial charge in [-0.3, -0.25) is 28.8 Å². The fourth-order valence-electron chi connectivity index (χ4n) is 6.84. The molecule has 0 saturated carbocycles. The first kappa shape index (κ1) is 83.1. The van der Waals surface area contributed by atoms with Crippen molar-refractivity contribution in [2.75, 3.05) is 119 Å². The lowest BCUT2D eigenvalue weighted by atomic mass is 10.2. The highest BCUT2D eigenvalue weighted by atomic mass is 31.2. The maximum Gasteiger partial charge on any atom is 0.332 e. The zero-order chi connectivity index (χ0) is 62.3. The van der Waals surface area contributed by atoms with Crippen LogP contribution in [-0.4, -0.2) is 155 Å². The van der Waals surface area contributed by atoms with Crippen LogP contribution in [0.5, 0.6) is 0 Å². The molecule has 0 amide bonds. The third-order valence-corrected chi connectivity index (χ3v) is 16.0. The molecule has 28 heteroatoms. The first-order chi connectivity index (χ1) is 41.3. The fourth-order valence-corrected chi connectivity index (χ4v) is 11.1. The van der Waals surface area contributed by atoms with Crippen molar-refractivity contribution < 1.29 is 111 Å². The number of unbranched alkanes of at least 4 members (excludes halogenated alkanes) is 18. The number of hydrogen-bond donors (Lipinski definition) is 0. The molecule has 0 unspecified atom stereocenters. The second-order valence-corrected chi connectivity index (χ2v) is 24.4. The zero-order valence-electron chi connectivity index (χ0n) is 52.4. The lowest BCUT2D eigenvalue weighted by Gasteiger charge is -2.18. The minimum Gasteiger partial charge on any atom is -0.466 e. The molecule has 0 rings (SSSR count). The summed E-state index contributed by atoms with van der Waals surface area (Å²) in [4.78, 5) is 66.4. The fraction of sp³-hybridized carbons (Fsp3) is 0.895. The van der Waals surface area contributed by atoms with Crippen LogP contribution in [0.4, 0.5) is 0 Å². The highest BCUT2D eigenvalue weighted by molar-refractivity contribution is 7.42. The van der Waals surface area contributed by atoms with Crippen molar-refractivity contribution in [2.24, 2.45) is 0 Å². The van der Waals surface area contributed by atoms with Gasteiger partial charge in [0.15, 0.2) is 0 Å². The Morgan fingerprint density at radius 1 is 0.165 bits per heavy atom. The van der Waals surface area contributed by atoms with Gasteiger partial charge in [-0.15, -0.1) is 0 Å². The Hall–Kier alpha value is -1.94. The summed E-state index contributed by atoms with van der Waals surface area (Å²) in [6.07, 6.45) is 21.4. The summed E-state index contributed by atoms with van der Waals surface area (Å²) in [7, 11) is -6.26. The molecule has 0 radical (unpaired) electrons. The standard InChI is InChI=1S/C57H108O24P4/c1-52(58)64-34-16-7-22-40-70-82(71-41-23-8-17-35-65-53(2)59)76-46-28-13-31-49-79-85(80-50-32-14-29-47-77-83(72-42-24-9-18-36-66-54(3)60)73-43-25-10-19-37-67-55(4)61)81-51-33-15-30-48-78-84(74-44-26-11-20-38-68-56(5)62)75-45-27-12-21-39-69-57(6)63/h7-51H2,1-6H3. The van der Waals surface area contributed by atoms with Crippen LogP contribution in [0.1, 0.15) is 215 Å². The van der Waals surface area contributed by atoms with E-state index in [1.54, 1.807) is 0 Å². The van der Waals surface area contributed by atoms with Crippen molar-refractivity contribution >= 4 is 70.2 Å². The molecule has 0 aromatic rings. The number of hydrogen-bond acceptors (Lipinski definition) is 24. The largest absolute Gasteiger partial charge is 0.466 e. The number of rotatable bonds is 66. The second kappa shape index (κ2) is 65.0. The van der Waals surface area contributed by atoms with Crippen molar-refractivity contribution in [1.29, 1.82) is 0 Å². The van der Waals surface area contributed by atoms with Crippen LogP contribution in [0.2, 0.25) is 0 Å². The molecule has 0 spiro atoms. The molecule has 0 saturated heterocycles. The minimum atomic E-state index is -1.61. The van der Waals surface area contributed by atoms with E-state index in [2.05, 4.69) is 0 Å². The van der Waals surface area contributed by atoms with E-state index in [4.69, 9.17) is 82.7 Å². The van der Waals surface area contributed by atoms with E-state index in [1.165, 1.54) is 41.5 Å². The van der Waals surface area contributed by atoms with E-state index in [0.29, 0.717) is 119 Å². The normalized spacial score (nSPS) is 11.5. The van der Waals surface area contributed by atoms with Gasteiger partial charge in [-0.1, -0.05) is 0 Å². The molecule has 85 heavy (non-hydrogen) atoms. The SMILES string of the molecule is CC(=O)OCCCCCOP(OCCCCCOC(C)=O)OCCCCCOP(OCCCCCOP(OCCCCCOC(C)=O)OCCCCCOC(C)=O)OCCCCCOP(OCCCCCOC(C)=O)OCCCCCOC(C)=O. The Labute approximate surface area is 513 Å². The van der Waals surface area contributed by atoms with Gasteiger partial charge in [-0.25, -0.2) is 0 Å². The Kier molecular flexibility index (Phi) is 63.5. The number of carbonyl (C=O) groups excluding carboxylic acids is 6. The first-order valence-electron chi connectivity index (χ1n) is 30.8. The van der Waals surface area contributed by atoms with E-state index >= 15 is 0 Å². The summed E-state index contributed by atoms with van der Waals surface area (Å²) in [5, 5.41) is 0. The predicted molar refractivity (Wildman–Crippen MR) is 324 cm³/mol. The third kappa shape index (κ3) is 67.8. The average molecular weight is 1300 g/mol. The topological polar surface area (TPSA) is 269 Å². The van der Waals surface area contributed by atoms with E-state index in [0.717, 1.165) is 173 Å². The molecule has 0 bridgehead atoms. The second-order valence-electron chi connectivity index (χ2n) is 19.5. The molecule has 500 valence electrons. The Balaban J connectivity index is 5.28. The summed E-state index contributed by atoms with van der Waals surface area (Å²) >= 11 is 0. The van der Waals surface area contributed by atoms with Crippen molar-refractivity contribution in [1.82, 2.24) is 0 Å². The molecule has 0 fully saturated rings. The average Bonchev–Trinajstić information content (AvgIpc) is 3.45. The lowest BCUT2D eigenvalue weighted by Crippen LogP contribution is -2.04. The van der Waals surface area contributed by atoms with Crippen LogP contribution in [-0.2, 0) is 111 Å². The molecule has 24 nitrogen and oxygen atoms in total. The molecular weight excluding hydrogens is 1190 g/mol. The zero-order valence-corrected chi connectivity index (χ0v) is 56.0. The van der Waals surface area contributed by atoms with E-state index in [9.17, 15) is 28.8 Å². The van der Waals surface area contributed by atoms with E-state index < -0.39 is 34.4 Å². The van der Waals surface area contributed by atoms with Crippen LogP contribution in [0.3, 0.4) is 0 Å². The Morgan fingerprint density at radius 3 is 0.353 bits per heavy atom. The molecule has 0 aliphatic carbocycles. The van der Waals surface area contributed by atoms with Gasteiger partial charge in [0.05, 0.1) is 119 Å². The van der Waals surface area contributed by atoms with Gasteiger partial charge < -0.3 is 82.7 Å². The van der Waals surface area contributed by atoms with E-state index in [-0.39, 0.29) is 35.8 Å². The van der Waals surface area contributed by atoms with Crippen molar-refractivity contribution in [3.05, 3.63) is 0 Å². The molecule has 0 aromatic heterocycles. The van der Waals surface area contributed by atoms with Crippen LogP contribution in [0.15, 0.2) is 0 Å². The van der Waals surface area contributed by atoms with Crippen molar-refractivity contribution in [3.63, 3.8) is 0 Å². The highest BCUT2D eigenvalue weighted by Gasteiger charge is 2.17. The predicted octanol–water partition coefficient (Wildman–Crippen LogP) is 14.0. The summed E-state index contributed by atoms with van der Waals surface area (Å²) < 4.78 is 103. The summed E-state index contributed by atoms with van der Waals surface area (Å²) in [6.45, 7) is 16.2. The van der Waals surface area contributed by atoms with Gasteiger partial charge >= 0.3 is 70.2 Å². The van der Waals surface area contributed by atoms with Gasteiger partial charge in [-0.05, 0) is 173 Å². The lowest BCUT2D eigenvalue weighted by molar-refractivity contribution is -0.142. The molecular formula is C57H108O24P4. The van der Waals surface area contributed by atoms with Crippen molar-refractivity contribution in [3.8, 4) is 0 Å². The quantitative estimate of drug-likeness (QED) is 0.0237. The molecule has 0 aliphatic rings. The molecule has 0 N–H and O–H groups in total. The number of carbonyl (C=O) groups is 6. The Bertz CT molecular complexity index is 1320. The monoisotopic (exact) mass is 1300 g/mol. The number of ether oxygens (including phenoxy) is 6. The van der Waals surface area contributed by atoms with E-state index in [1.807, 2.05) is 0 Å². The summed E-state index contributed by atoms with van der Waals surface area (Å²) in [5.74, 6) is -1.73. The third-order valence-electron chi connectivity index (χ3n) is 11.3. The molecule has 0 aliphatic heterocycles. The maximum absolute atomic E-state index is 11.1. The van der Waals surface area contributed by atoms with Crippen LogP contribution in [0.25, 0.3) is 0 Å². The highest BCUT2D eigenvalue weighted by Crippen LogP contribution is 2.43. The van der Waals surface area contributed by atoms with Crippen LogP contribution >= 0.6 is 34.4 Å². The van der Waals surface area contributed by atoms with Crippen LogP contribution < -0.4 is 0 Å².